The maximum Gasteiger partial charge on any atom is 0.338 e. The number of Topliss-reactive ketones (excluding diaryl/α,β-unsaturated/α-hetero) is 1. The fourth-order valence-electron chi connectivity index (χ4n) is 2.89. The van der Waals surface area contributed by atoms with E-state index in [0.717, 1.165) is 19.3 Å². The van der Waals surface area contributed by atoms with Gasteiger partial charge in [0.15, 0.2) is 12.4 Å². The first kappa shape index (κ1) is 15.9. The first-order valence-electron chi connectivity index (χ1n) is 7.99. The van der Waals surface area contributed by atoms with Crippen LogP contribution < -0.4 is 0 Å². The van der Waals surface area contributed by atoms with Crippen molar-refractivity contribution >= 4 is 11.8 Å². The maximum atomic E-state index is 12.2. The number of esters is 1. The lowest BCUT2D eigenvalue weighted by molar-refractivity contribution is 0.0474. The van der Waals surface area contributed by atoms with Crippen molar-refractivity contribution in [2.24, 2.45) is 0 Å². The van der Waals surface area contributed by atoms with Crippen LogP contribution in [0, 0.1) is 11.3 Å². The second kappa shape index (κ2) is 7.10. The number of nitrogens with zero attached hydrogens (tertiary/aromatic N) is 1. The summed E-state index contributed by atoms with van der Waals surface area (Å²) < 4.78 is 5.09. The molecule has 1 aliphatic rings. The van der Waals surface area contributed by atoms with Crippen molar-refractivity contribution in [2.75, 3.05) is 6.61 Å². The predicted molar refractivity (Wildman–Crippen MR) is 88.9 cm³/mol. The van der Waals surface area contributed by atoms with Gasteiger partial charge in [0, 0.05) is 5.56 Å². The van der Waals surface area contributed by atoms with E-state index in [1.807, 2.05) is 24.3 Å². The zero-order valence-corrected chi connectivity index (χ0v) is 13.2. The highest BCUT2D eigenvalue weighted by molar-refractivity contribution is 5.99. The monoisotopic (exact) mass is 319 g/mol. The number of carbonyl (C=O) groups is 2. The van der Waals surface area contributed by atoms with Gasteiger partial charge in [0.2, 0.25) is 0 Å². The zero-order chi connectivity index (χ0) is 16.9. The Balaban J connectivity index is 1.62. The number of ketones is 1. The average Bonchev–Trinajstić information content (AvgIpc) is 2.65. The Morgan fingerprint density at radius 2 is 1.62 bits per heavy atom. The Morgan fingerprint density at radius 3 is 2.33 bits per heavy atom. The van der Waals surface area contributed by atoms with E-state index in [1.165, 1.54) is 29.7 Å². The average molecular weight is 319 g/mol. The highest BCUT2D eigenvalue weighted by Crippen LogP contribution is 2.22. The van der Waals surface area contributed by atoms with Crippen LogP contribution in [0.15, 0.2) is 42.5 Å². The second-order valence-corrected chi connectivity index (χ2v) is 5.88. The van der Waals surface area contributed by atoms with Gasteiger partial charge >= 0.3 is 5.97 Å². The zero-order valence-electron chi connectivity index (χ0n) is 13.2. The molecular formula is C20H17NO3. The van der Waals surface area contributed by atoms with Gasteiger partial charge in [-0.2, -0.15) is 5.26 Å². The number of carbonyl (C=O) groups excluding carboxylic acids is 2. The molecule has 24 heavy (non-hydrogen) atoms. The van der Waals surface area contributed by atoms with E-state index in [1.54, 1.807) is 12.1 Å². The molecule has 0 fully saturated rings. The minimum Gasteiger partial charge on any atom is -0.454 e. The molecule has 0 bridgehead atoms. The van der Waals surface area contributed by atoms with Gasteiger partial charge in [-0.1, -0.05) is 12.1 Å². The van der Waals surface area contributed by atoms with Crippen molar-refractivity contribution in [3.8, 4) is 6.07 Å². The summed E-state index contributed by atoms with van der Waals surface area (Å²) in [5.74, 6) is -0.767. The van der Waals surface area contributed by atoms with E-state index < -0.39 is 5.97 Å². The van der Waals surface area contributed by atoms with Crippen molar-refractivity contribution in [1.29, 1.82) is 5.26 Å². The molecule has 1 aliphatic carbocycles. The smallest absolute Gasteiger partial charge is 0.338 e. The number of nitriles is 1. The van der Waals surface area contributed by atoms with Crippen molar-refractivity contribution in [1.82, 2.24) is 0 Å². The summed E-state index contributed by atoms with van der Waals surface area (Å²) in [6, 6.07) is 13.8. The van der Waals surface area contributed by atoms with Crippen LogP contribution >= 0.6 is 0 Å². The normalized spacial score (nSPS) is 12.8. The van der Waals surface area contributed by atoms with Gasteiger partial charge in [-0.3, -0.25) is 4.79 Å². The van der Waals surface area contributed by atoms with Crippen molar-refractivity contribution in [3.63, 3.8) is 0 Å². The number of aryl methyl sites for hydroxylation is 2. The Labute approximate surface area is 140 Å². The van der Waals surface area contributed by atoms with E-state index in [0.29, 0.717) is 16.7 Å². The molecule has 2 aromatic rings. The molecule has 4 heteroatoms. The molecule has 120 valence electrons. The molecule has 4 nitrogen and oxygen atoms in total. The lowest BCUT2D eigenvalue weighted by atomic mass is 9.90. The lowest BCUT2D eigenvalue weighted by Crippen LogP contribution is -2.15. The fraction of sp³-hybridized carbons (Fsp3) is 0.250. The summed E-state index contributed by atoms with van der Waals surface area (Å²) in [4.78, 5) is 24.2. The molecule has 3 rings (SSSR count). The number of hydrogen-bond acceptors (Lipinski definition) is 4. The molecule has 0 N–H and O–H groups in total. The Kier molecular flexibility index (Phi) is 4.72. The van der Waals surface area contributed by atoms with Crippen LogP contribution in [-0.2, 0) is 17.6 Å². The van der Waals surface area contributed by atoms with Gasteiger partial charge in [0.25, 0.3) is 0 Å². The first-order valence-corrected chi connectivity index (χ1v) is 7.99. The lowest BCUT2D eigenvalue weighted by Gasteiger charge is -2.16. The SMILES string of the molecule is N#Cc1ccc(C(=O)OCC(=O)c2ccc3c(c2)CCCC3)cc1. The van der Waals surface area contributed by atoms with Crippen LogP contribution in [0.25, 0.3) is 0 Å². The van der Waals surface area contributed by atoms with Crippen molar-refractivity contribution < 1.29 is 14.3 Å². The van der Waals surface area contributed by atoms with E-state index >= 15 is 0 Å². The summed E-state index contributed by atoms with van der Waals surface area (Å²) in [5, 5.41) is 8.74. The van der Waals surface area contributed by atoms with E-state index in [-0.39, 0.29) is 12.4 Å². The Hall–Kier alpha value is -2.93. The molecule has 0 amide bonds. The highest BCUT2D eigenvalue weighted by atomic mass is 16.5. The number of fused-ring (bicyclic) bond motifs is 1. The summed E-state index contributed by atoms with van der Waals surface area (Å²) >= 11 is 0. The predicted octanol–water partition coefficient (Wildman–Crippen LogP) is 3.48. The molecule has 0 saturated carbocycles. The second-order valence-electron chi connectivity index (χ2n) is 5.88. The van der Waals surface area contributed by atoms with Gasteiger partial charge in [0.05, 0.1) is 17.2 Å². The third-order valence-corrected chi connectivity index (χ3v) is 4.25. The fourth-order valence-corrected chi connectivity index (χ4v) is 2.89. The summed E-state index contributed by atoms with van der Waals surface area (Å²) in [6.07, 6.45) is 4.42. The van der Waals surface area contributed by atoms with Crippen LogP contribution in [0.2, 0.25) is 0 Å². The highest BCUT2D eigenvalue weighted by Gasteiger charge is 2.15. The standard InChI is InChI=1S/C20H17NO3/c21-12-14-5-7-16(8-6-14)20(23)24-13-19(22)18-10-9-15-3-1-2-4-17(15)11-18/h5-11H,1-4,13H2. The number of benzene rings is 2. The van der Waals surface area contributed by atoms with E-state index in [4.69, 9.17) is 10.00 Å². The van der Waals surface area contributed by atoms with Gasteiger partial charge in [0.1, 0.15) is 0 Å². The largest absolute Gasteiger partial charge is 0.454 e. The van der Waals surface area contributed by atoms with Gasteiger partial charge in [-0.05, 0) is 67.1 Å². The molecule has 0 saturated heterocycles. The van der Waals surface area contributed by atoms with Crippen LogP contribution in [0.1, 0.15) is 50.2 Å². The third kappa shape index (κ3) is 3.52. The molecule has 0 radical (unpaired) electrons. The van der Waals surface area contributed by atoms with Gasteiger partial charge in [-0.25, -0.2) is 4.79 Å². The maximum absolute atomic E-state index is 12.2. The molecule has 0 atom stereocenters. The molecule has 0 heterocycles. The third-order valence-electron chi connectivity index (χ3n) is 4.25. The van der Waals surface area contributed by atoms with Crippen LogP contribution in [0.5, 0.6) is 0 Å². The minimum atomic E-state index is -0.564. The molecule has 2 aromatic carbocycles. The quantitative estimate of drug-likeness (QED) is 0.639. The molecule has 0 unspecified atom stereocenters. The minimum absolute atomic E-state index is 0.203. The Bertz CT molecular complexity index is 816. The summed E-state index contributed by atoms with van der Waals surface area (Å²) in [7, 11) is 0. The van der Waals surface area contributed by atoms with Crippen LogP contribution in [-0.4, -0.2) is 18.4 Å². The molecule has 0 aliphatic heterocycles. The topological polar surface area (TPSA) is 67.2 Å². The van der Waals surface area contributed by atoms with Crippen molar-refractivity contribution in [3.05, 3.63) is 70.3 Å². The molecule has 0 spiro atoms. The Morgan fingerprint density at radius 1 is 0.958 bits per heavy atom. The number of ether oxygens (including phenoxy) is 1. The summed E-state index contributed by atoms with van der Waals surface area (Å²) in [6.45, 7) is -0.280. The van der Waals surface area contributed by atoms with Gasteiger partial charge in [-0.15, -0.1) is 0 Å². The molecular weight excluding hydrogens is 302 g/mol. The molecule has 0 aromatic heterocycles. The number of rotatable bonds is 4. The summed E-state index contributed by atoms with van der Waals surface area (Å²) in [5.41, 5.74) is 3.92. The van der Waals surface area contributed by atoms with Gasteiger partial charge < -0.3 is 4.74 Å². The first-order chi connectivity index (χ1) is 11.7. The van der Waals surface area contributed by atoms with Crippen LogP contribution in [0.4, 0.5) is 0 Å². The number of hydrogen-bond donors (Lipinski definition) is 0. The van der Waals surface area contributed by atoms with E-state index in [2.05, 4.69) is 0 Å². The van der Waals surface area contributed by atoms with E-state index in [9.17, 15) is 9.59 Å². The van der Waals surface area contributed by atoms with Crippen LogP contribution in [0.3, 0.4) is 0 Å². The van der Waals surface area contributed by atoms with Crippen molar-refractivity contribution in [2.45, 2.75) is 25.7 Å².